The molecule has 0 saturated carbocycles. The summed E-state index contributed by atoms with van der Waals surface area (Å²) in [6, 6.07) is 14.7. The van der Waals surface area contributed by atoms with Gasteiger partial charge in [0.1, 0.15) is 0 Å². The zero-order valence-electron chi connectivity index (χ0n) is 16.9. The van der Waals surface area contributed by atoms with Gasteiger partial charge in [0.15, 0.2) is 17.3 Å². The van der Waals surface area contributed by atoms with Gasteiger partial charge in [-0.1, -0.05) is 30.3 Å². The number of hydrogen-bond acceptors (Lipinski definition) is 5. The van der Waals surface area contributed by atoms with Crippen molar-refractivity contribution < 1.29 is 14.3 Å². The first kappa shape index (κ1) is 19.0. The number of carbonyl (C=O) groups is 1. The van der Waals surface area contributed by atoms with Crippen molar-refractivity contribution in [2.24, 2.45) is 0 Å². The van der Waals surface area contributed by atoms with E-state index in [-0.39, 0.29) is 11.8 Å². The van der Waals surface area contributed by atoms with Crippen LogP contribution in [0.3, 0.4) is 0 Å². The average molecular weight is 380 g/mol. The molecule has 1 fully saturated rings. The topological polar surface area (TPSA) is 42.0 Å². The van der Waals surface area contributed by atoms with Crippen LogP contribution in [-0.4, -0.2) is 61.5 Å². The Bertz CT molecular complexity index is 852. The summed E-state index contributed by atoms with van der Waals surface area (Å²) in [4.78, 5) is 18.0. The second kappa shape index (κ2) is 7.94. The van der Waals surface area contributed by atoms with E-state index in [0.717, 1.165) is 43.7 Å². The third-order valence-corrected chi connectivity index (χ3v) is 6.06. The van der Waals surface area contributed by atoms with Crippen molar-refractivity contribution >= 4 is 5.78 Å². The van der Waals surface area contributed by atoms with E-state index in [0.29, 0.717) is 17.5 Å². The summed E-state index contributed by atoms with van der Waals surface area (Å²) in [7, 11) is 3.24. The van der Waals surface area contributed by atoms with E-state index < -0.39 is 0 Å². The summed E-state index contributed by atoms with van der Waals surface area (Å²) in [5.41, 5.74) is 3.18. The summed E-state index contributed by atoms with van der Waals surface area (Å²) >= 11 is 0. The SMILES string of the molecule is COc1cc2c(cc1OC)C(=O)C(N1CCN(Cc3ccccc3)C(C)C1)C2. The van der Waals surface area contributed by atoms with Crippen molar-refractivity contribution in [3.8, 4) is 11.5 Å². The fourth-order valence-electron chi connectivity index (χ4n) is 4.45. The van der Waals surface area contributed by atoms with E-state index in [1.54, 1.807) is 14.2 Å². The minimum Gasteiger partial charge on any atom is -0.493 e. The lowest BCUT2D eigenvalue weighted by molar-refractivity contribution is 0.0466. The smallest absolute Gasteiger partial charge is 0.180 e. The molecule has 2 unspecified atom stereocenters. The number of fused-ring (bicyclic) bond motifs is 1. The average Bonchev–Trinajstić information content (AvgIpc) is 3.05. The van der Waals surface area contributed by atoms with Crippen LogP contribution in [-0.2, 0) is 13.0 Å². The maximum Gasteiger partial charge on any atom is 0.180 e. The molecule has 2 aromatic carbocycles. The van der Waals surface area contributed by atoms with Crippen molar-refractivity contribution in [2.45, 2.75) is 32.0 Å². The molecular weight excluding hydrogens is 352 g/mol. The molecule has 1 aliphatic carbocycles. The lowest BCUT2D eigenvalue weighted by Crippen LogP contribution is -2.55. The molecule has 1 heterocycles. The van der Waals surface area contributed by atoms with Crippen molar-refractivity contribution in [1.82, 2.24) is 9.80 Å². The monoisotopic (exact) mass is 380 g/mol. The van der Waals surface area contributed by atoms with E-state index in [9.17, 15) is 4.79 Å². The van der Waals surface area contributed by atoms with Crippen LogP contribution in [0.15, 0.2) is 42.5 Å². The summed E-state index contributed by atoms with van der Waals surface area (Å²) in [5, 5.41) is 0. The van der Waals surface area contributed by atoms with Gasteiger partial charge in [-0.05, 0) is 36.6 Å². The molecule has 4 rings (SSSR count). The third-order valence-electron chi connectivity index (χ3n) is 6.06. The summed E-state index contributed by atoms with van der Waals surface area (Å²) < 4.78 is 10.8. The van der Waals surface area contributed by atoms with E-state index in [2.05, 4.69) is 47.1 Å². The zero-order chi connectivity index (χ0) is 19.7. The van der Waals surface area contributed by atoms with Gasteiger partial charge in [0, 0.05) is 37.8 Å². The van der Waals surface area contributed by atoms with Gasteiger partial charge in [-0.3, -0.25) is 14.6 Å². The minimum absolute atomic E-state index is 0.0758. The highest BCUT2D eigenvalue weighted by Crippen LogP contribution is 2.36. The van der Waals surface area contributed by atoms with Crippen molar-refractivity contribution in [1.29, 1.82) is 0 Å². The summed E-state index contributed by atoms with van der Waals surface area (Å²) in [5.74, 6) is 1.52. The number of ketones is 1. The van der Waals surface area contributed by atoms with E-state index in [1.165, 1.54) is 5.56 Å². The van der Waals surface area contributed by atoms with Gasteiger partial charge in [-0.15, -0.1) is 0 Å². The van der Waals surface area contributed by atoms with Crippen LogP contribution in [0.25, 0.3) is 0 Å². The Morgan fingerprint density at radius 3 is 2.43 bits per heavy atom. The molecule has 0 spiro atoms. The lowest BCUT2D eigenvalue weighted by Gasteiger charge is -2.42. The van der Waals surface area contributed by atoms with Crippen LogP contribution in [0.2, 0.25) is 0 Å². The van der Waals surface area contributed by atoms with Gasteiger partial charge in [0.25, 0.3) is 0 Å². The summed E-state index contributed by atoms with van der Waals surface area (Å²) in [6.45, 7) is 6.01. The van der Waals surface area contributed by atoms with Crippen LogP contribution < -0.4 is 9.47 Å². The normalized spacial score (nSPS) is 22.9. The highest BCUT2D eigenvalue weighted by atomic mass is 16.5. The Morgan fingerprint density at radius 1 is 1.04 bits per heavy atom. The molecule has 1 aliphatic heterocycles. The predicted molar refractivity (Wildman–Crippen MR) is 109 cm³/mol. The Labute approximate surface area is 166 Å². The molecule has 2 aliphatic rings. The molecule has 148 valence electrons. The van der Waals surface area contributed by atoms with Gasteiger partial charge in [-0.25, -0.2) is 0 Å². The minimum atomic E-state index is -0.0758. The quantitative estimate of drug-likeness (QED) is 0.798. The molecule has 2 atom stereocenters. The Morgan fingerprint density at radius 2 is 1.75 bits per heavy atom. The lowest BCUT2D eigenvalue weighted by atomic mass is 10.1. The van der Waals surface area contributed by atoms with E-state index >= 15 is 0 Å². The number of nitrogens with zero attached hydrogens (tertiary/aromatic N) is 2. The van der Waals surface area contributed by atoms with Crippen molar-refractivity contribution in [3.63, 3.8) is 0 Å². The third kappa shape index (κ3) is 3.52. The molecule has 0 aromatic heterocycles. The number of hydrogen-bond donors (Lipinski definition) is 0. The fraction of sp³-hybridized carbons (Fsp3) is 0.435. The van der Waals surface area contributed by atoms with Gasteiger partial charge < -0.3 is 9.47 Å². The van der Waals surface area contributed by atoms with Crippen LogP contribution >= 0.6 is 0 Å². The number of piperazine rings is 1. The van der Waals surface area contributed by atoms with Crippen LogP contribution in [0.1, 0.15) is 28.4 Å². The first-order chi connectivity index (χ1) is 13.6. The largest absolute Gasteiger partial charge is 0.493 e. The highest BCUT2D eigenvalue weighted by Gasteiger charge is 2.38. The molecule has 5 nitrogen and oxygen atoms in total. The van der Waals surface area contributed by atoms with Crippen LogP contribution in [0.5, 0.6) is 11.5 Å². The number of benzene rings is 2. The Hall–Kier alpha value is -2.37. The molecule has 1 saturated heterocycles. The Kier molecular flexibility index (Phi) is 5.38. The molecule has 0 radical (unpaired) electrons. The van der Waals surface area contributed by atoms with Gasteiger partial charge in [-0.2, -0.15) is 0 Å². The first-order valence-corrected chi connectivity index (χ1v) is 9.92. The number of methoxy groups -OCH3 is 2. The molecule has 5 heteroatoms. The number of rotatable bonds is 5. The van der Waals surface area contributed by atoms with Crippen LogP contribution in [0, 0.1) is 0 Å². The molecule has 2 aromatic rings. The molecule has 0 N–H and O–H groups in total. The van der Waals surface area contributed by atoms with Crippen LogP contribution in [0.4, 0.5) is 0 Å². The predicted octanol–water partition coefficient (Wildman–Crippen LogP) is 3.02. The fourth-order valence-corrected chi connectivity index (χ4v) is 4.45. The number of carbonyl (C=O) groups excluding carboxylic acids is 1. The van der Waals surface area contributed by atoms with E-state index in [4.69, 9.17) is 9.47 Å². The molecular formula is C23H28N2O3. The zero-order valence-corrected chi connectivity index (χ0v) is 16.9. The van der Waals surface area contributed by atoms with Crippen molar-refractivity contribution in [3.05, 3.63) is 59.2 Å². The van der Waals surface area contributed by atoms with Gasteiger partial charge in [0.05, 0.1) is 20.3 Å². The second-order valence-electron chi connectivity index (χ2n) is 7.75. The van der Waals surface area contributed by atoms with Crippen molar-refractivity contribution in [2.75, 3.05) is 33.9 Å². The maximum atomic E-state index is 13.1. The number of Topliss-reactive ketones (excluding diaryl/α,β-unsaturated/α-hetero) is 1. The second-order valence-corrected chi connectivity index (χ2v) is 7.75. The van der Waals surface area contributed by atoms with Gasteiger partial charge >= 0.3 is 0 Å². The molecule has 0 bridgehead atoms. The number of ether oxygens (including phenoxy) is 2. The Balaban J connectivity index is 1.45. The van der Waals surface area contributed by atoms with Gasteiger partial charge in [0.2, 0.25) is 0 Å². The molecule has 28 heavy (non-hydrogen) atoms. The maximum absolute atomic E-state index is 13.1. The summed E-state index contributed by atoms with van der Waals surface area (Å²) in [6.07, 6.45) is 0.750. The standard InChI is InChI=1S/C23H28N2O3/c1-16-14-25(10-9-24(16)15-17-7-5-4-6-8-17)20-11-18-12-21(27-2)22(28-3)13-19(18)23(20)26/h4-8,12-13,16,20H,9-11,14-15H2,1-3H3. The van der Waals surface area contributed by atoms with E-state index in [1.807, 2.05) is 12.1 Å². The molecule has 0 amide bonds. The first-order valence-electron chi connectivity index (χ1n) is 9.92. The highest BCUT2D eigenvalue weighted by molar-refractivity contribution is 6.05.